The number of nitrogens with zero attached hydrogens (tertiary/aromatic N) is 3. The first-order chi connectivity index (χ1) is 12.3. The van der Waals surface area contributed by atoms with Crippen molar-refractivity contribution in [1.29, 1.82) is 5.26 Å². The molecule has 25 heavy (non-hydrogen) atoms. The normalized spacial score (nSPS) is 11.9. The Hall–Kier alpha value is -2.90. The van der Waals surface area contributed by atoms with E-state index in [1.807, 2.05) is 60.9 Å². The number of hydrogen-bond acceptors (Lipinski definition) is 3. The van der Waals surface area contributed by atoms with Crippen LogP contribution < -0.4 is 0 Å². The number of methoxy groups -OCH3 is 1. The van der Waals surface area contributed by atoms with Crippen molar-refractivity contribution >= 4 is 0 Å². The highest BCUT2D eigenvalue weighted by atomic mass is 16.5. The zero-order valence-corrected chi connectivity index (χ0v) is 14.5. The highest BCUT2D eigenvalue weighted by Crippen LogP contribution is 2.35. The lowest BCUT2D eigenvalue weighted by atomic mass is 10.00. The van der Waals surface area contributed by atoms with Crippen molar-refractivity contribution in [1.82, 2.24) is 9.55 Å². The number of ether oxygens (including phenoxy) is 1. The molecule has 0 fully saturated rings. The van der Waals surface area contributed by atoms with E-state index in [0.717, 1.165) is 28.9 Å². The Morgan fingerprint density at radius 2 is 1.84 bits per heavy atom. The number of nitriles is 1. The Morgan fingerprint density at radius 1 is 1.12 bits per heavy atom. The van der Waals surface area contributed by atoms with Gasteiger partial charge >= 0.3 is 0 Å². The predicted octanol–water partition coefficient (Wildman–Crippen LogP) is 4.69. The molecule has 0 unspecified atom stereocenters. The molecule has 1 heterocycles. The summed E-state index contributed by atoms with van der Waals surface area (Å²) in [7, 11) is 1.71. The van der Waals surface area contributed by atoms with Crippen LogP contribution in [0.25, 0.3) is 22.5 Å². The third-order valence-electron chi connectivity index (χ3n) is 4.37. The molecule has 0 N–H and O–H groups in total. The van der Waals surface area contributed by atoms with Gasteiger partial charge in [-0.15, -0.1) is 0 Å². The summed E-state index contributed by atoms with van der Waals surface area (Å²) in [6, 6.07) is 20.2. The monoisotopic (exact) mass is 331 g/mol. The minimum absolute atomic E-state index is 0.164. The van der Waals surface area contributed by atoms with E-state index in [9.17, 15) is 5.26 Å². The SMILES string of the molecule is CC[C@H](COC)n1cnc(-c2ccccc2)c1-c1ccccc1C#N. The summed E-state index contributed by atoms with van der Waals surface area (Å²) in [6.07, 6.45) is 2.78. The van der Waals surface area contributed by atoms with Gasteiger partial charge in [-0.05, 0) is 12.5 Å². The van der Waals surface area contributed by atoms with Crippen LogP contribution in [-0.2, 0) is 4.74 Å². The molecule has 0 bridgehead atoms. The summed E-state index contributed by atoms with van der Waals surface area (Å²) in [4.78, 5) is 4.69. The maximum Gasteiger partial charge on any atom is 0.0998 e. The topological polar surface area (TPSA) is 50.8 Å². The van der Waals surface area contributed by atoms with E-state index in [0.29, 0.717) is 12.2 Å². The molecule has 0 amide bonds. The second-order valence-corrected chi connectivity index (χ2v) is 5.89. The van der Waals surface area contributed by atoms with Crippen LogP contribution in [0.3, 0.4) is 0 Å². The zero-order valence-electron chi connectivity index (χ0n) is 14.5. The fraction of sp³-hybridized carbons (Fsp3) is 0.238. The molecule has 0 saturated carbocycles. The molecule has 0 saturated heterocycles. The number of benzene rings is 2. The molecule has 3 rings (SSSR count). The maximum atomic E-state index is 9.56. The van der Waals surface area contributed by atoms with Crippen LogP contribution in [0, 0.1) is 11.3 Å². The van der Waals surface area contributed by atoms with Crippen LogP contribution in [-0.4, -0.2) is 23.3 Å². The highest BCUT2D eigenvalue weighted by molar-refractivity contribution is 5.81. The quantitative estimate of drug-likeness (QED) is 0.658. The molecule has 4 heteroatoms. The van der Waals surface area contributed by atoms with E-state index in [4.69, 9.17) is 4.74 Å². The molecule has 4 nitrogen and oxygen atoms in total. The van der Waals surface area contributed by atoms with Gasteiger partial charge in [0.15, 0.2) is 0 Å². The van der Waals surface area contributed by atoms with Gasteiger partial charge in [0.2, 0.25) is 0 Å². The Kier molecular flexibility index (Phi) is 5.27. The molecule has 3 aromatic rings. The summed E-state index contributed by atoms with van der Waals surface area (Å²) >= 11 is 0. The van der Waals surface area contributed by atoms with Gasteiger partial charge in [-0.3, -0.25) is 0 Å². The number of imidazole rings is 1. The Morgan fingerprint density at radius 3 is 2.52 bits per heavy atom. The van der Waals surface area contributed by atoms with Gasteiger partial charge in [0, 0.05) is 18.2 Å². The van der Waals surface area contributed by atoms with Crippen LogP contribution in [0.2, 0.25) is 0 Å². The minimum Gasteiger partial charge on any atom is -0.383 e. The lowest BCUT2D eigenvalue weighted by Gasteiger charge is -2.20. The third kappa shape index (κ3) is 3.33. The molecule has 0 aliphatic heterocycles. The van der Waals surface area contributed by atoms with Gasteiger partial charge in [0.25, 0.3) is 0 Å². The fourth-order valence-electron chi connectivity index (χ4n) is 3.09. The van der Waals surface area contributed by atoms with Crippen molar-refractivity contribution in [3.8, 4) is 28.6 Å². The van der Waals surface area contributed by atoms with E-state index in [2.05, 4.69) is 22.5 Å². The van der Waals surface area contributed by atoms with E-state index in [-0.39, 0.29) is 6.04 Å². The molecule has 0 aliphatic carbocycles. The standard InChI is InChI=1S/C21H21N3O/c1-3-18(14-25-2)24-15-23-20(16-9-5-4-6-10-16)21(24)19-12-8-7-11-17(19)13-22/h4-12,15,18H,3,14H2,1-2H3/t18-/m1/s1. The predicted molar refractivity (Wildman–Crippen MR) is 99.0 cm³/mol. The summed E-state index contributed by atoms with van der Waals surface area (Å²) in [6.45, 7) is 2.73. The van der Waals surface area contributed by atoms with Crippen LogP contribution >= 0.6 is 0 Å². The fourth-order valence-corrected chi connectivity index (χ4v) is 3.09. The van der Waals surface area contributed by atoms with Gasteiger partial charge in [0.05, 0.1) is 42.0 Å². The zero-order chi connectivity index (χ0) is 17.6. The molecule has 0 radical (unpaired) electrons. The van der Waals surface area contributed by atoms with Crippen LogP contribution in [0.5, 0.6) is 0 Å². The smallest absolute Gasteiger partial charge is 0.0998 e. The van der Waals surface area contributed by atoms with Gasteiger partial charge in [-0.1, -0.05) is 55.5 Å². The van der Waals surface area contributed by atoms with Crippen molar-refractivity contribution in [3.63, 3.8) is 0 Å². The summed E-state index contributed by atoms with van der Waals surface area (Å²) < 4.78 is 7.54. The Balaban J connectivity index is 2.25. The number of aromatic nitrogens is 2. The van der Waals surface area contributed by atoms with Gasteiger partial charge in [0.1, 0.15) is 0 Å². The summed E-state index contributed by atoms with van der Waals surface area (Å²) in [5.74, 6) is 0. The molecule has 126 valence electrons. The number of hydrogen-bond donors (Lipinski definition) is 0. The largest absolute Gasteiger partial charge is 0.383 e. The molecule has 2 aromatic carbocycles. The molecular formula is C21H21N3O. The first-order valence-corrected chi connectivity index (χ1v) is 8.40. The van der Waals surface area contributed by atoms with Gasteiger partial charge in [-0.2, -0.15) is 5.26 Å². The third-order valence-corrected chi connectivity index (χ3v) is 4.37. The minimum atomic E-state index is 0.164. The van der Waals surface area contributed by atoms with E-state index >= 15 is 0 Å². The van der Waals surface area contributed by atoms with Crippen molar-refractivity contribution in [2.75, 3.05) is 13.7 Å². The molecule has 0 spiro atoms. The summed E-state index contributed by atoms with van der Waals surface area (Å²) in [5, 5.41) is 9.56. The lowest BCUT2D eigenvalue weighted by Crippen LogP contribution is -2.14. The van der Waals surface area contributed by atoms with E-state index < -0.39 is 0 Å². The maximum absolute atomic E-state index is 9.56. The van der Waals surface area contributed by atoms with Crippen molar-refractivity contribution < 1.29 is 4.74 Å². The first kappa shape index (κ1) is 16.9. The molecule has 1 atom stereocenters. The highest BCUT2D eigenvalue weighted by Gasteiger charge is 2.21. The van der Waals surface area contributed by atoms with Crippen LogP contribution in [0.1, 0.15) is 24.9 Å². The Bertz CT molecular complexity index is 878. The number of rotatable bonds is 6. The van der Waals surface area contributed by atoms with Crippen molar-refractivity contribution in [3.05, 3.63) is 66.5 Å². The Labute approximate surface area is 148 Å². The second-order valence-electron chi connectivity index (χ2n) is 5.89. The van der Waals surface area contributed by atoms with E-state index in [1.54, 1.807) is 7.11 Å². The first-order valence-electron chi connectivity index (χ1n) is 8.40. The average molecular weight is 331 g/mol. The molecule has 1 aromatic heterocycles. The van der Waals surface area contributed by atoms with Gasteiger partial charge in [-0.25, -0.2) is 4.98 Å². The summed E-state index contributed by atoms with van der Waals surface area (Å²) in [5.41, 5.74) is 4.44. The van der Waals surface area contributed by atoms with Crippen LogP contribution in [0.15, 0.2) is 60.9 Å². The molecule has 0 aliphatic rings. The lowest BCUT2D eigenvalue weighted by molar-refractivity contribution is 0.154. The van der Waals surface area contributed by atoms with E-state index in [1.165, 1.54) is 0 Å². The van der Waals surface area contributed by atoms with Crippen molar-refractivity contribution in [2.45, 2.75) is 19.4 Å². The van der Waals surface area contributed by atoms with Crippen LogP contribution in [0.4, 0.5) is 0 Å². The molecular weight excluding hydrogens is 310 g/mol. The van der Waals surface area contributed by atoms with Gasteiger partial charge < -0.3 is 9.30 Å². The second kappa shape index (κ2) is 7.78. The van der Waals surface area contributed by atoms with Crippen molar-refractivity contribution in [2.24, 2.45) is 0 Å². The average Bonchev–Trinajstić information content (AvgIpc) is 3.11.